The van der Waals surface area contributed by atoms with E-state index in [0.29, 0.717) is 33.0 Å². The fraction of sp³-hybridized carbons (Fsp3) is 0.321. The highest BCUT2D eigenvalue weighted by Gasteiger charge is 2.36. The summed E-state index contributed by atoms with van der Waals surface area (Å²) in [4.78, 5) is 10.4. The van der Waals surface area contributed by atoms with Crippen molar-refractivity contribution in [2.45, 2.75) is 11.2 Å². The first-order valence-corrected chi connectivity index (χ1v) is 12.5. The van der Waals surface area contributed by atoms with Gasteiger partial charge in [-0.3, -0.25) is 4.79 Å². The fourth-order valence-electron chi connectivity index (χ4n) is 3.72. The molecule has 0 heterocycles. The second-order valence-corrected chi connectivity index (χ2v) is 8.92. The summed E-state index contributed by atoms with van der Waals surface area (Å²) in [5.74, 6) is -0.0419. The molecule has 1 N–H and O–H groups in total. The van der Waals surface area contributed by atoms with E-state index < -0.39 is 5.97 Å². The van der Waals surface area contributed by atoms with Gasteiger partial charge >= 0.3 is 5.97 Å². The van der Waals surface area contributed by atoms with E-state index in [4.69, 9.17) is 19.3 Å². The summed E-state index contributed by atoms with van der Waals surface area (Å²) in [5, 5.41) is 8.57. The predicted molar refractivity (Wildman–Crippen MR) is 136 cm³/mol. The van der Waals surface area contributed by atoms with Crippen LogP contribution in [0.15, 0.2) is 91.0 Å². The van der Waals surface area contributed by atoms with E-state index in [0.717, 1.165) is 5.75 Å². The van der Waals surface area contributed by atoms with Crippen molar-refractivity contribution in [2.24, 2.45) is 0 Å². The van der Waals surface area contributed by atoms with Gasteiger partial charge in [-0.25, -0.2) is 0 Å². The number of hydrogen-bond donors (Lipinski definition) is 1. The van der Waals surface area contributed by atoms with Gasteiger partial charge in [0.15, 0.2) is 0 Å². The van der Waals surface area contributed by atoms with Crippen LogP contribution in [0, 0.1) is 0 Å². The number of carbonyl (C=O) groups is 1. The molecular formula is C28H32O5S. The maximum absolute atomic E-state index is 10.4. The van der Waals surface area contributed by atoms with Crippen molar-refractivity contribution in [3.05, 3.63) is 108 Å². The molecule has 0 aromatic heterocycles. The van der Waals surface area contributed by atoms with Gasteiger partial charge in [0.2, 0.25) is 0 Å². The van der Waals surface area contributed by atoms with E-state index >= 15 is 0 Å². The summed E-state index contributed by atoms with van der Waals surface area (Å²) in [6.07, 6.45) is 0.0111. The van der Waals surface area contributed by atoms with Gasteiger partial charge in [0, 0.05) is 5.75 Å². The van der Waals surface area contributed by atoms with Crippen LogP contribution in [0.25, 0.3) is 0 Å². The molecule has 180 valence electrons. The Kier molecular flexibility index (Phi) is 11.1. The van der Waals surface area contributed by atoms with E-state index in [9.17, 15) is 4.79 Å². The van der Waals surface area contributed by atoms with Crippen LogP contribution < -0.4 is 0 Å². The first kappa shape index (κ1) is 26.0. The summed E-state index contributed by atoms with van der Waals surface area (Å²) < 4.78 is 16.2. The minimum absolute atomic E-state index is 0.0111. The second-order valence-electron chi connectivity index (χ2n) is 7.61. The zero-order valence-corrected chi connectivity index (χ0v) is 20.1. The summed E-state index contributed by atoms with van der Waals surface area (Å²) in [6, 6.07) is 31.9. The highest BCUT2D eigenvalue weighted by Crippen LogP contribution is 2.48. The molecule has 3 aromatic carbocycles. The van der Waals surface area contributed by atoms with Crippen molar-refractivity contribution < 1.29 is 24.1 Å². The maximum atomic E-state index is 10.4. The van der Waals surface area contributed by atoms with Gasteiger partial charge in [-0.05, 0) is 16.7 Å². The van der Waals surface area contributed by atoms with Crippen LogP contribution in [-0.2, 0) is 23.8 Å². The molecule has 0 saturated heterocycles. The van der Waals surface area contributed by atoms with Crippen molar-refractivity contribution in [1.29, 1.82) is 0 Å². The molecule has 3 aromatic rings. The largest absolute Gasteiger partial charge is 0.481 e. The minimum atomic E-state index is -0.858. The molecule has 0 amide bonds. The summed E-state index contributed by atoms with van der Waals surface area (Å²) in [7, 11) is 0. The molecule has 0 unspecified atom stereocenters. The maximum Gasteiger partial charge on any atom is 0.305 e. The lowest BCUT2D eigenvalue weighted by Crippen LogP contribution is -2.26. The quantitative estimate of drug-likeness (QED) is 0.224. The Morgan fingerprint density at radius 1 is 0.618 bits per heavy atom. The van der Waals surface area contributed by atoms with E-state index in [1.165, 1.54) is 16.7 Å². The van der Waals surface area contributed by atoms with Crippen molar-refractivity contribution in [2.75, 3.05) is 45.4 Å². The Bertz CT molecular complexity index is 854. The lowest BCUT2D eigenvalue weighted by Gasteiger charge is -2.35. The number of ether oxygens (including phenoxy) is 3. The van der Waals surface area contributed by atoms with Gasteiger partial charge in [0.25, 0.3) is 0 Å². The molecule has 34 heavy (non-hydrogen) atoms. The molecule has 0 saturated carbocycles. The Balaban J connectivity index is 1.55. The molecular weight excluding hydrogens is 448 g/mol. The third-order valence-electron chi connectivity index (χ3n) is 5.29. The van der Waals surface area contributed by atoms with E-state index in [1.54, 1.807) is 0 Å². The summed E-state index contributed by atoms with van der Waals surface area (Å²) >= 11 is 1.87. The SMILES string of the molecule is O=C(O)CCOCCOCCOCCSC(c1ccccc1)(c1ccccc1)c1ccccc1. The van der Waals surface area contributed by atoms with E-state index in [-0.39, 0.29) is 17.8 Å². The Morgan fingerprint density at radius 3 is 1.41 bits per heavy atom. The Labute approximate surface area is 206 Å². The third-order valence-corrected chi connectivity index (χ3v) is 6.80. The van der Waals surface area contributed by atoms with Crippen molar-refractivity contribution in [1.82, 2.24) is 0 Å². The predicted octanol–water partition coefficient (Wildman–Crippen LogP) is 5.24. The lowest BCUT2D eigenvalue weighted by atomic mass is 9.84. The number of aliphatic carboxylic acids is 1. The summed E-state index contributed by atoms with van der Waals surface area (Å²) in [6.45, 7) is 2.61. The Morgan fingerprint density at radius 2 is 1.00 bits per heavy atom. The standard InChI is InChI=1S/C28H32O5S/c29-27(30)16-17-31-18-19-32-20-21-33-22-23-34-28(24-10-4-1-5-11-24,25-12-6-2-7-13-25)26-14-8-3-9-15-26/h1-15H,16-23H2,(H,29,30). The van der Waals surface area contributed by atoms with Crippen LogP contribution in [0.1, 0.15) is 23.1 Å². The van der Waals surface area contributed by atoms with Gasteiger partial charge < -0.3 is 19.3 Å². The second kappa shape index (κ2) is 14.6. The highest BCUT2D eigenvalue weighted by molar-refractivity contribution is 8.00. The molecule has 5 nitrogen and oxygen atoms in total. The topological polar surface area (TPSA) is 65.0 Å². The number of hydrogen-bond acceptors (Lipinski definition) is 5. The fourth-order valence-corrected chi connectivity index (χ4v) is 5.14. The number of carboxylic acid groups (broad SMARTS) is 1. The van der Waals surface area contributed by atoms with Gasteiger partial charge in [-0.1, -0.05) is 91.0 Å². The van der Waals surface area contributed by atoms with Crippen molar-refractivity contribution in [3.8, 4) is 0 Å². The van der Waals surface area contributed by atoms with Crippen LogP contribution in [-0.4, -0.2) is 56.5 Å². The normalized spacial score (nSPS) is 11.4. The molecule has 0 aliphatic heterocycles. The van der Waals surface area contributed by atoms with Crippen LogP contribution in [0.3, 0.4) is 0 Å². The third kappa shape index (κ3) is 7.71. The van der Waals surface area contributed by atoms with Crippen LogP contribution >= 0.6 is 11.8 Å². The molecule has 0 atom stereocenters. The molecule has 0 radical (unpaired) electrons. The number of thioether (sulfide) groups is 1. The van der Waals surface area contributed by atoms with Gasteiger partial charge in [-0.2, -0.15) is 0 Å². The van der Waals surface area contributed by atoms with E-state index in [1.807, 2.05) is 11.8 Å². The summed E-state index contributed by atoms with van der Waals surface area (Å²) in [5.41, 5.74) is 3.72. The smallest absolute Gasteiger partial charge is 0.305 e. The molecule has 0 aliphatic rings. The monoisotopic (exact) mass is 480 g/mol. The molecule has 0 spiro atoms. The van der Waals surface area contributed by atoms with Crippen LogP contribution in [0.5, 0.6) is 0 Å². The number of rotatable bonds is 16. The molecule has 0 fully saturated rings. The van der Waals surface area contributed by atoms with Gasteiger partial charge in [0.1, 0.15) is 0 Å². The zero-order valence-electron chi connectivity index (χ0n) is 19.3. The highest BCUT2D eigenvalue weighted by atomic mass is 32.2. The van der Waals surface area contributed by atoms with Crippen LogP contribution in [0.4, 0.5) is 0 Å². The van der Waals surface area contributed by atoms with Crippen molar-refractivity contribution in [3.63, 3.8) is 0 Å². The first-order valence-electron chi connectivity index (χ1n) is 11.5. The first-order chi connectivity index (χ1) is 16.7. The van der Waals surface area contributed by atoms with Gasteiger partial charge in [0.05, 0.1) is 50.8 Å². The minimum Gasteiger partial charge on any atom is -0.481 e. The lowest BCUT2D eigenvalue weighted by molar-refractivity contribution is -0.138. The molecule has 0 bridgehead atoms. The molecule has 6 heteroatoms. The molecule has 3 rings (SSSR count). The van der Waals surface area contributed by atoms with Gasteiger partial charge in [-0.15, -0.1) is 11.8 Å². The number of benzene rings is 3. The average Bonchev–Trinajstić information content (AvgIpc) is 2.88. The Hall–Kier alpha value is -2.64. The average molecular weight is 481 g/mol. The zero-order chi connectivity index (χ0) is 23.9. The molecule has 0 aliphatic carbocycles. The van der Waals surface area contributed by atoms with Crippen molar-refractivity contribution >= 4 is 17.7 Å². The van der Waals surface area contributed by atoms with E-state index in [2.05, 4.69) is 91.0 Å². The van der Waals surface area contributed by atoms with Crippen LogP contribution in [0.2, 0.25) is 0 Å². The number of carboxylic acids is 1.